The fourth-order valence-corrected chi connectivity index (χ4v) is 2.98. The van der Waals surface area contributed by atoms with E-state index in [1.54, 1.807) is 0 Å². The van der Waals surface area contributed by atoms with Crippen LogP contribution in [0.15, 0.2) is 22.5 Å². The van der Waals surface area contributed by atoms with E-state index in [2.05, 4.69) is 10.3 Å². The number of benzene rings is 1. The zero-order chi connectivity index (χ0) is 11.8. The SMILES string of the molecule is CCNc1ccc2sc(S(N)(=O)=O)nc2c1. The van der Waals surface area contributed by atoms with E-state index in [-0.39, 0.29) is 4.34 Å². The summed E-state index contributed by atoms with van der Waals surface area (Å²) >= 11 is 1.08. The van der Waals surface area contributed by atoms with Gasteiger partial charge in [-0.1, -0.05) is 0 Å². The highest BCUT2D eigenvalue weighted by molar-refractivity contribution is 7.91. The molecule has 0 aliphatic heterocycles. The third kappa shape index (κ3) is 2.16. The Balaban J connectivity index is 2.54. The van der Waals surface area contributed by atoms with Crippen LogP contribution >= 0.6 is 11.3 Å². The van der Waals surface area contributed by atoms with Crippen LogP contribution in [0.5, 0.6) is 0 Å². The minimum Gasteiger partial charge on any atom is -0.385 e. The molecule has 0 saturated heterocycles. The van der Waals surface area contributed by atoms with Crippen LogP contribution in [-0.2, 0) is 10.0 Å². The Morgan fingerprint density at radius 1 is 1.50 bits per heavy atom. The normalized spacial score (nSPS) is 11.9. The summed E-state index contributed by atoms with van der Waals surface area (Å²) in [6.07, 6.45) is 0. The van der Waals surface area contributed by atoms with Crippen molar-refractivity contribution in [2.75, 3.05) is 11.9 Å². The van der Waals surface area contributed by atoms with Gasteiger partial charge >= 0.3 is 0 Å². The van der Waals surface area contributed by atoms with Crippen LogP contribution in [0.1, 0.15) is 6.92 Å². The first-order valence-electron chi connectivity index (χ1n) is 4.68. The molecule has 5 nitrogen and oxygen atoms in total. The number of nitrogens with one attached hydrogen (secondary N) is 1. The number of aromatic nitrogens is 1. The maximum atomic E-state index is 11.1. The van der Waals surface area contributed by atoms with Crippen LogP contribution in [-0.4, -0.2) is 19.9 Å². The first-order valence-corrected chi connectivity index (χ1v) is 7.04. The fourth-order valence-electron chi connectivity index (χ4n) is 1.34. The van der Waals surface area contributed by atoms with Gasteiger partial charge in [-0.3, -0.25) is 0 Å². The lowest BCUT2D eigenvalue weighted by atomic mass is 10.3. The quantitative estimate of drug-likeness (QED) is 0.869. The van der Waals surface area contributed by atoms with Crippen molar-refractivity contribution in [3.63, 3.8) is 0 Å². The van der Waals surface area contributed by atoms with E-state index in [9.17, 15) is 8.42 Å². The monoisotopic (exact) mass is 257 g/mol. The van der Waals surface area contributed by atoms with Gasteiger partial charge in [0.25, 0.3) is 10.0 Å². The van der Waals surface area contributed by atoms with Gasteiger partial charge in [-0.2, -0.15) is 0 Å². The lowest BCUT2D eigenvalue weighted by molar-refractivity contribution is 0.597. The molecule has 1 aromatic carbocycles. The van der Waals surface area contributed by atoms with Crippen molar-refractivity contribution in [2.24, 2.45) is 5.14 Å². The van der Waals surface area contributed by atoms with Crippen LogP contribution in [0.25, 0.3) is 10.2 Å². The van der Waals surface area contributed by atoms with Gasteiger partial charge in [0.15, 0.2) is 0 Å². The Morgan fingerprint density at radius 3 is 2.88 bits per heavy atom. The zero-order valence-corrected chi connectivity index (χ0v) is 10.2. The topological polar surface area (TPSA) is 85.1 Å². The van der Waals surface area contributed by atoms with Crippen LogP contribution in [0, 0.1) is 0 Å². The molecule has 0 spiro atoms. The van der Waals surface area contributed by atoms with E-state index in [0.717, 1.165) is 28.3 Å². The molecule has 3 N–H and O–H groups in total. The van der Waals surface area contributed by atoms with Crippen molar-refractivity contribution >= 4 is 37.3 Å². The number of nitrogens with zero attached hydrogens (tertiary/aromatic N) is 1. The fraction of sp³-hybridized carbons (Fsp3) is 0.222. The second-order valence-electron chi connectivity index (χ2n) is 3.24. The second kappa shape index (κ2) is 4.00. The Hall–Kier alpha value is -1.18. The number of rotatable bonds is 3. The van der Waals surface area contributed by atoms with Crippen molar-refractivity contribution in [1.29, 1.82) is 0 Å². The number of primary sulfonamides is 1. The molecule has 0 unspecified atom stereocenters. The summed E-state index contributed by atoms with van der Waals surface area (Å²) in [5.74, 6) is 0. The van der Waals surface area contributed by atoms with E-state index in [1.807, 2.05) is 25.1 Å². The zero-order valence-electron chi connectivity index (χ0n) is 8.60. The minimum absolute atomic E-state index is 0.0452. The molecule has 0 bridgehead atoms. The third-order valence-electron chi connectivity index (χ3n) is 1.99. The van der Waals surface area contributed by atoms with Gasteiger partial charge in [0.1, 0.15) is 0 Å². The first kappa shape index (κ1) is 11.3. The molecule has 2 rings (SSSR count). The Morgan fingerprint density at radius 2 is 2.25 bits per heavy atom. The molecule has 0 fully saturated rings. The van der Waals surface area contributed by atoms with Crippen molar-refractivity contribution in [2.45, 2.75) is 11.3 Å². The van der Waals surface area contributed by atoms with Crippen molar-refractivity contribution in [3.8, 4) is 0 Å². The number of hydrogen-bond donors (Lipinski definition) is 2. The highest BCUT2D eigenvalue weighted by Crippen LogP contribution is 2.26. The van der Waals surface area contributed by atoms with E-state index < -0.39 is 10.0 Å². The van der Waals surface area contributed by atoms with Gasteiger partial charge in [0.2, 0.25) is 4.34 Å². The Bertz CT molecular complexity index is 619. The standard InChI is InChI=1S/C9H11N3O2S2/c1-2-11-6-3-4-8-7(5-6)12-9(15-8)16(10,13)14/h3-5,11H,2H2,1H3,(H2,10,13,14). The summed E-state index contributed by atoms with van der Waals surface area (Å²) in [5, 5.41) is 8.15. The molecule has 1 heterocycles. The second-order valence-corrected chi connectivity index (χ2v) is 6.00. The van der Waals surface area contributed by atoms with E-state index in [4.69, 9.17) is 5.14 Å². The van der Waals surface area contributed by atoms with Gasteiger partial charge in [0, 0.05) is 12.2 Å². The van der Waals surface area contributed by atoms with Crippen LogP contribution in [0.4, 0.5) is 5.69 Å². The van der Waals surface area contributed by atoms with Gasteiger partial charge < -0.3 is 5.32 Å². The first-order chi connectivity index (χ1) is 7.50. The molecule has 1 aromatic heterocycles. The molecule has 0 radical (unpaired) electrons. The van der Waals surface area contributed by atoms with Crippen molar-refractivity contribution in [1.82, 2.24) is 4.98 Å². The smallest absolute Gasteiger partial charge is 0.265 e. The number of hydrogen-bond acceptors (Lipinski definition) is 5. The van der Waals surface area contributed by atoms with Gasteiger partial charge in [0.05, 0.1) is 10.2 Å². The predicted octanol–water partition coefficient (Wildman–Crippen LogP) is 1.38. The predicted molar refractivity (Wildman–Crippen MR) is 65.2 cm³/mol. The molecule has 7 heteroatoms. The highest BCUT2D eigenvalue weighted by atomic mass is 32.2. The van der Waals surface area contributed by atoms with Gasteiger partial charge in [-0.05, 0) is 25.1 Å². The summed E-state index contributed by atoms with van der Waals surface area (Å²) in [6.45, 7) is 2.79. The van der Waals surface area contributed by atoms with E-state index in [1.165, 1.54) is 0 Å². The lowest BCUT2D eigenvalue weighted by Gasteiger charge is -2.00. The van der Waals surface area contributed by atoms with Crippen LogP contribution in [0.3, 0.4) is 0 Å². The Kier molecular flexibility index (Phi) is 2.83. The molecule has 2 aromatic rings. The van der Waals surface area contributed by atoms with Gasteiger partial charge in [-0.15, -0.1) is 11.3 Å². The summed E-state index contributed by atoms with van der Waals surface area (Å²) < 4.78 is 23.0. The largest absolute Gasteiger partial charge is 0.385 e. The molecule has 16 heavy (non-hydrogen) atoms. The lowest BCUT2D eigenvalue weighted by Crippen LogP contribution is -2.11. The Labute approximate surface area is 97.4 Å². The molecule has 0 aliphatic carbocycles. The number of fused-ring (bicyclic) bond motifs is 1. The van der Waals surface area contributed by atoms with E-state index in [0.29, 0.717) is 5.52 Å². The van der Waals surface area contributed by atoms with E-state index >= 15 is 0 Å². The summed E-state index contributed by atoms with van der Waals surface area (Å²) in [5.41, 5.74) is 1.56. The maximum absolute atomic E-state index is 11.1. The molecule has 0 saturated carbocycles. The van der Waals surface area contributed by atoms with Crippen LogP contribution in [0.2, 0.25) is 0 Å². The average molecular weight is 257 g/mol. The maximum Gasteiger partial charge on any atom is 0.265 e. The highest BCUT2D eigenvalue weighted by Gasteiger charge is 2.14. The van der Waals surface area contributed by atoms with Crippen LogP contribution < -0.4 is 10.5 Å². The van der Waals surface area contributed by atoms with Gasteiger partial charge in [-0.25, -0.2) is 18.5 Å². The summed E-state index contributed by atoms with van der Waals surface area (Å²) in [4.78, 5) is 3.99. The molecule has 86 valence electrons. The molecule has 0 atom stereocenters. The number of sulfonamides is 1. The number of anilines is 1. The minimum atomic E-state index is -3.70. The van der Waals surface area contributed by atoms with Crippen molar-refractivity contribution < 1.29 is 8.42 Å². The molecule has 0 aliphatic rings. The van der Waals surface area contributed by atoms with Crippen molar-refractivity contribution in [3.05, 3.63) is 18.2 Å². The average Bonchev–Trinajstić information content (AvgIpc) is 2.60. The molecular formula is C9H11N3O2S2. The molecular weight excluding hydrogens is 246 g/mol. The summed E-state index contributed by atoms with van der Waals surface area (Å²) in [7, 11) is -3.70. The summed E-state index contributed by atoms with van der Waals surface area (Å²) in [6, 6.07) is 5.53. The number of thiazole rings is 1. The number of nitrogens with two attached hydrogens (primary N) is 1. The third-order valence-corrected chi connectivity index (χ3v) is 4.35. The molecule has 0 amide bonds.